The van der Waals surface area contributed by atoms with Crippen LogP contribution in [0.3, 0.4) is 0 Å². The Morgan fingerprint density at radius 3 is 2.59 bits per heavy atom. The Hall–Kier alpha value is -1.91. The van der Waals surface area contributed by atoms with Gasteiger partial charge < -0.3 is 16.2 Å². The molecule has 0 unspecified atom stereocenters. The normalized spacial score (nSPS) is 22.8. The molecule has 32 heavy (non-hydrogen) atoms. The van der Waals surface area contributed by atoms with E-state index in [2.05, 4.69) is 5.32 Å². The van der Waals surface area contributed by atoms with Crippen molar-refractivity contribution in [3.05, 3.63) is 41.5 Å². The van der Waals surface area contributed by atoms with Crippen LogP contribution in [0, 0.1) is 5.92 Å². The first-order valence-electron chi connectivity index (χ1n) is 10.6. The highest BCUT2D eigenvalue weighted by atomic mass is 32.2. The maximum absolute atomic E-state index is 13.0. The van der Waals surface area contributed by atoms with Gasteiger partial charge in [-0.1, -0.05) is 12.1 Å². The van der Waals surface area contributed by atoms with E-state index in [0.29, 0.717) is 19.4 Å². The lowest BCUT2D eigenvalue weighted by Crippen LogP contribution is -2.47. The van der Waals surface area contributed by atoms with Gasteiger partial charge in [-0.2, -0.15) is 13.2 Å². The average Bonchev–Trinajstić information content (AvgIpc) is 2.67. The van der Waals surface area contributed by atoms with Crippen LogP contribution in [0.1, 0.15) is 50.7 Å². The van der Waals surface area contributed by atoms with Gasteiger partial charge in [0.05, 0.1) is 16.6 Å². The molecule has 3 atom stereocenters. The molecule has 0 bridgehead atoms. The minimum Gasteiger partial charge on any atom is -0.478 e. The Labute approximate surface area is 187 Å². The van der Waals surface area contributed by atoms with Gasteiger partial charge in [-0.05, 0) is 75.3 Å². The third-order valence-electron chi connectivity index (χ3n) is 5.85. The fourth-order valence-electron chi connectivity index (χ4n) is 3.98. The predicted octanol–water partition coefficient (Wildman–Crippen LogP) is 3.47. The van der Waals surface area contributed by atoms with E-state index in [9.17, 15) is 31.5 Å². The van der Waals surface area contributed by atoms with Crippen molar-refractivity contribution in [1.82, 2.24) is 5.32 Å². The molecule has 1 aliphatic carbocycles. The summed E-state index contributed by atoms with van der Waals surface area (Å²) in [5.41, 5.74) is 5.65. The summed E-state index contributed by atoms with van der Waals surface area (Å²) in [4.78, 5) is 11.2. The lowest BCUT2D eigenvalue weighted by molar-refractivity contribution is -0.137. The molecule has 0 saturated heterocycles. The van der Waals surface area contributed by atoms with Crippen molar-refractivity contribution in [2.24, 2.45) is 11.7 Å². The van der Waals surface area contributed by atoms with Gasteiger partial charge >= 0.3 is 12.1 Å². The molecule has 4 N–H and O–H groups in total. The zero-order valence-electron chi connectivity index (χ0n) is 18.2. The fraction of sp³-hybridized carbons (Fsp3) is 0.591. The van der Waals surface area contributed by atoms with Gasteiger partial charge in [-0.3, -0.25) is 0 Å². The minimum atomic E-state index is -4.53. The van der Waals surface area contributed by atoms with Crippen LogP contribution in [0.2, 0.25) is 0 Å². The van der Waals surface area contributed by atoms with Crippen LogP contribution in [-0.4, -0.2) is 49.1 Å². The van der Waals surface area contributed by atoms with Crippen LogP contribution in [0.5, 0.6) is 0 Å². The summed E-state index contributed by atoms with van der Waals surface area (Å²) in [6, 6.07) is 4.37. The van der Waals surface area contributed by atoms with Crippen molar-refractivity contribution in [1.29, 1.82) is 0 Å². The molecule has 0 spiro atoms. The number of rotatable bonds is 9. The Morgan fingerprint density at radius 2 is 2.00 bits per heavy atom. The van der Waals surface area contributed by atoms with Gasteiger partial charge in [0.1, 0.15) is 0 Å². The SMILES string of the molecule is CC(C)S(=O)(=O)C[C@@H]1C[C@@H](N)CC[C@H]1NCCC(=CC(=O)O)c1cccc(C(F)(F)F)c1. The molecule has 1 saturated carbocycles. The quantitative estimate of drug-likeness (QED) is 0.471. The standard InChI is InChI=1S/C22H31F3N2O4S/c1-14(2)32(30,31)13-17-11-19(26)6-7-20(17)27-9-8-16(12-21(28)29)15-4-3-5-18(10-15)22(23,24)25/h3-5,10,12,14,17,19-20,27H,6-9,11,13,26H2,1-2H3,(H,28,29)/t17-,19-,20+/m0/s1. The van der Waals surface area contributed by atoms with Gasteiger partial charge in [0.25, 0.3) is 0 Å². The molecule has 6 nitrogen and oxygen atoms in total. The number of nitrogens with one attached hydrogen (secondary N) is 1. The van der Waals surface area contributed by atoms with Gasteiger partial charge in [0.15, 0.2) is 9.84 Å². The highest BCUT2D eigenvalue weighted by Gasteiger charge is 2.33. The number of sulfone groups is 1. The number of hydrogen-bond donors (Lipinski definition) is 3. The summed E-state index contributed by atoms with van der Waals surface area (Å²) in [5.74, 6) is -1.41. The van der Waals surface area contributed by atoms with E-state index in [0.717, 1.165) is 24.6 Å². The maximum Gasteiger partial charge on any atom is 0.416 e. The third-order valence-corrected chi connectivity index (χ3v) is 8.18. The number of benzene rings is 1. The zero-order valence-corrected chi connectivity index (χ0v) is 19.0. The highest BCUT2D eigenvalue weighted by molar-refractivity contribution is 7.91. The van der Waals surface area contributed by atoms with E-state index < -0.39 is 32.8 Å². The molecular formula is C22H31F3N2O4S. The lowest BCUT2D eigenvalue weighted by Gasteiger charge is -2.35. The lowest BCUT2D eigenvalue weighted by atomic mass is 9.83. The first kappa shape index (κ1) is 26.3. The number of carbonyl (C=O) groups is 1. The second kappa shape index (κ2) is 10.8. The summed E-state index contributed by atoms with van der Waals surface area (Å²) in [6.45, 7) is 3.57. The van der Waals surface area contributed by atoms with Crippen LogP contribution in [0.4, 0.5) is 13.2 Å². The molecular weight excluding hydrogens is 445 g/mol. The molecule has 1 fully saturated rings. The number of hydrogen-bond acceptors (Lipinski definition) is 5. The van der Waals surface area contributed by atoms with Crippen molar-refractivity contribution in [2.45, 2.75) is 63.0 Å². The van der Waals surface area contributed by atoms with Gasteiger partial charge in [-0.25, -0.2) is 13.2 Å². The predicted molar refractivity (Wildman–Crippen MR) is 118 cm³/mol. The van der Waals surface area contributed by atoms with Crippen LogP contribution < -0.4 is 11.1 Å². The second-order valence-electron chi connectivity index (χ2n) is 8.61. The molecule has 1 aromatic rings. The zero-order chi connectivity index (χ0) is 24.1. The molecule has 1 aromatic carbocycles. The van der Waals surface area contributed by atoms with E-state index in [1.807, 2.05) is 0 Å². The number of aliphatic carboxylic acids is 1. The molecule has 180 valence electrons. The third kappa shape index (κ3) is 7.60. The number of alkyl halides is 3. The smallest absolute Gasteiger partial charge is 0.416 e. The highest BCUT2D eigenvalue weighted by Crippen LogP contribution is 2.32. The number of nitrogens with two attached hydrogens (primary N) is 1. The fourth-order valence-corrected chi connectivity index (χ4v) is 5.33. The number of carboxylic acids is 1. The molecule has 10 heteroatoms. The minimum absolute atomic E-state index is 0.0154. The summed E-state index contributed by atoms with van der Waals surface area (Å²) >= 11 is 0. The molecule has 0 heterocycles. The molecule has 1 aliphatic rings. The van der Waals surface area contributed by atoms with Crippen LogP contribution in [-0.2, 0) is 20.8 Å². The summed E-state index contributed by atoms with van der Waals surface area (Å²) < 4.78 is 64.0. The van der Waals surface area contributed by atoms with E-state index in [1.165, 1.54) is 12.1 Å². The molecule has 0 amide bonds. The summed E-state index contributed by atoms with van der Waals surface area (Å²) in [5, 5.41) is 12.0. The van der Waals surface area contributed by atoms with Crippen molar-refractivity contribution in [3.63, 3.8) is 0 Å². The van der Waals surface area contributed by atoms with E-state index >= 15 is 0 Å². The second-order valence-corrected chi connectivity index (χ2v) is 11.2. The maximum atomic E-state index is 13.0. The number of carboxylic acid groups (broad SMARTS) is 1. The average molecular weight is 477 g/mol. The Kier molecular flexibility index (Phi) is 8.90. The largest absolute Gasteiger partial charge is 0.478 e. The van der Waals surface area contributed by atoms with Crippen LogP contribution >= 0.6 is 0 Å². The molecule has 0 aromatic heterocycles. The Morgan fingerprint density at radius 1 is 1.31 bits per heavy atom. The summed E-state index contributed by atoms with van der Waals surface area (Å²) in [7, 11) is -3.26. The van der Waals surface area contributed by atoms with Gasteiger partial charge in [0.2, 0.25) is 0 Å². The monoisotopic (exact) mass is 476 g/mol. The van der Waals surface area contributed by atoms with Crippen molar-refractivity contribution < 1.29 is 31.5 Å². The van der Waals surface area contributed by atoms with Gasteiger partial charge in [-0.15, -0.1) is 0 Å². The molecule has 0 aliphatic heterocycles. The van der Waals surface area contributed by atoms with Crippen LogP contribution in [0.15, 0.2) is 30.3 Å². The molecule has 0 radical (unpaired) electrons. The van der Waals surface area contributed by atoms with Crippen molar-refractivity contribution in [3.8, 4) is 0 Å². The molecule has 2 rings (SSSR count). The topological polar surface area (TPSA) is 109 Å². The first-order chi connectivity index (χ1) is 14.8. The van der Waals surface area contributed by atoms with E-state index in [-0.39, 0.29) is 41.3 Å². The van der Waals surface area contributed by atoms with E-state index in [1.54, 1.807) is 13.8 Å². The Bertz CT molecular complexity index is 929. The van der Waals surface area contributed by atoms with Crippen molar-refractivity contribution in [2.75, 3.05) is 12.3 Å². The van der Waals surface area contributed by atoms with Crippen LogP contribution in [0.25, 0.3) is 5.57 Å². The summed E-state index contributed by atoms with van der Waals surface area (Å²) in [6.07, 6.45) is -1.45. The van der Waals surface area contributed by atoms with Crippen molar-refractivity contribution >= 4 is 21.4 Å². The van der Waals surface area contributed by atoms with E-state index in [4.69, 9.17) is 5.73 Å². The number of halogens is 3. The van der Waals surface area contributed by atoms with Gasteiger partial charge in [0, 0.05) is 18.2 Å². The first-order valence-corrected chi connectivity index (χ1v) is 12.3. The Balaban J connectivity index is 2.12.